The first-order chi connectivity index (χ1) is 9.92. The zero-order valence-corrected chi connectivity index (χ0v) is 10.5. The third-order valence-corrected chi connectivity index (χ3v) is 3.30. The number of hydrogen-bond donors (Lipinski definition) is 2. The number of rotatable bonds is 2. The molecule has 2 N–H and O–H groups in total. The summed E-state index contributed by atoms with van der Waals surface area (Å²) < 4.78 is 0. The molecule has 0 saturated heterocycles. The minimum absolute atomic E-state index is 0.849. The van der Waals surface area contributed by atoms with Crippen LogP contribution in [0.5, 0.6) is 0 Å². The summed E-state index contributed by atoms with van der Waals surface area (Å²) in [5, 5.41) is 7.98. The second kappa shape index (κ2) is 4.31. The van der Waals surface area contributed by atoms with Crippen molar-refractivity contribution in [1.82, 2.24) is 25.1 Å². The second-order valence-corrected chi connectivity index (χ2v) is 4.51. The van der Waals surface area contributed by atoms with Gasteiger partial charge in [0, 0.05) is 28.9 Å². The van der Waals surface area contributed by atoms with E-state index in [1.807, 2.05) is 30.5 Å². The largest absolute Gasteiger partial charge is 0.346 e. The van der Waals surface area contributed by atoms with E-state index in [0.717, 1.165) is 33.5 Å². The van der Waals surface area contributed by atoms with E-state index < -0.39 is 0 Å². The highest BCUT2D eigenvalue weighted by Crippen LogP contribution is 2.27. The zero-order chi connectivity index (χ0) is 13.4. The number of fused-ring (bicyclic) bond motifs is 1. The van der Waals surface area contributed by atoms with Gasteiger partial charge < -0.3 is 4.98 Å². The molecular weight excluding hydrogens is 250 g/mol. The predicted molar refractivity (Wildman–Crippen MR) is 76.9 cm³/mol. The van der Waals surface area contributed by atoms with Crippen LogP contribution in [0.1, 0.15) is 0 Å². The molecule has 0 spiro atoms. The fourth-order valence-corrected chi connectivity index (χ4v) is 2.35. The minimum Gasteiger partial charge on any atom is -0.346 e. The first kappa shape index (κ1) is 10.9. The molecule has 0 atom stereocenters. The van der Waals surface area contributed by atoms with E-state index in [2.05, 4.69) is 37.3 Å². The van der Waals surface area contributed by atoms with Gasteiger partial charge in [0.1, 0.15) is 12.0 Å². The monoisotopic (exact) mass is 261 g/mol. The number of nitrogens with zero attached hydrogens (tertiary/aromatic N) is 3. The van der Waals surface area contributed by atoms with Crippen LogP contribution in [0.25, 0.3) is 33.5 Å². The lowest BCUT2D eigenvalue weighted by molar-refractivity contribution is 1.10. The molecule has 0 bridgehead atoms. The van der Waals surface area contributed by atoms with E-state index >= 15 is 0 Å². The van der Waals surface area contributed by atoms with Gasteiger partial charge in [-0.3, -0.25) is 5.10 Å². The third-order valence-electron chi connectivity index (χ3n) is 3.30. The standard InChI is InChI=1S/C15H11N5/c1-2-10(13-5-7-19-20-13)8-11(3-1)14-12-4-6-16-15(12)18-9-17-14/h1-9H,(H,19,20)(H,16,17,18). The molecule has 0 unspecified atom stereocenters. The Bertz CT molecular complexity index is 861. The zero-order valence-electron chi connectivity index (χ0n) is 10.5. The molecule has 0 aliphatic heterocycles. The summed E-state index contributed by atoms with van der Waals surface area (Å²) in [6.07, 6.45) is 5.20. The maximum Gasteiger partial charge on any atom is 0.141 e. The van der Waals surface area contributed by atoms with E-state index in [0.29, 0.717) is 0 Å². The van der Waals surface area contributed by atoms with E-state index in [4.69, 9.17) is 0 Å². The normalized spacial score (nSPS) is 11.0. The molecule has 20 heavy (non-hydrogen) atoms. The lowest BCUT2D eigenvalue weighted by Crippen LogP contribution is -1.88. The van der Waals surface area contributed by atoms with E-state index in [1.54, 1.807) is 12.5 Å². The Balaban J connectivity index is 1.91. The molecule has 0 aliphatic carbocycles. The van der Waals surface area contributed by atoms with Crippen LogP contribution in [-0.2, 0) is 0 Å². The van der Waals surface area contributed by atoms with Crippen LogP contribution >= 0.6 is 0 Å². The van der Waals surface area contributed by atoms with Crippen LogP contribution in [0.3, 0.4) is 0 Å². The smallest absolute Gasteiger partial charge is 0.141 e. The van der Waals surface area contributed by atoms with Crippen molar-refractivity contribution in [3.05, 3.63) is 55.1 Å². The fourth-order valence-electron chi connectivity index (χ4n) is 2.35. The summed E-state index contributed by atoms with van der Waals surface area (Å²) in [7, 11) is 0. The molecule has 0 aliphatic rings. The van der Waals surface area contributed by atoms with Gasteiger partial charge in [-0.25, -0.2) is 9.97 Å². The van der Waals surface area contributed by atoms with Gasteiger partial charge in [0.05, 0.1) is 11.4 Å². The van der Waals surface area contributed by atoms with Crippen molar-refractivity contribution in [2.75, 3.05) is 0 Å². The van der Waals surface area contributed by atoms with Crippen molar-refractivity contribution < 1.29 is 0 Å². The van der Waals surface area contributed by atoms with Crippen LogP contribution in [-0.4, -0.2) is 25.1 Å². The maximum atomic E-state index is 4.41. The van der Waals surface area contributed by atoms with Crippen LogP contribution < -0.4 is 0 Å². The molecule has 3 aromatic heterocycles. The van der Waals surface area contributed by atoms with Gasteiger partial charge in [0.15, 0.2) is 0 Å². The summed E-state index contributed by atoms with van der Waals surface area (Å²) in [6.45, 7) is 0. The predicted octanol–water partition coefficient (Wildman–Crippen LogP) is 3.01. The van der Waals surface area contributed by atoms with E-state index in [9.17, 15) is 0 Å². The first-order valence-corrected chi connectivity index (χ1v) is 6.30. The number of benzene rings is 1. The Morgan fingerprint density at radius 3 is 2.80 bits per heavy atom. The van der Waals surface area contributed by atoms with Gasteiger partial charge in [-0.1, -0.05) is 18.2 Å². The SMILES string of the molecule is c1cc(-c2ccn[nH]2)cc(-c2ncnc3[nH]ccc23)c1. The summed E-state index contributed by atoms with van der Waals surface area (Å²) in [4.78, 5) is 11.7. The molecule has 0 radical (unpaired) electrons. The third kappa shape index (κ3) is 1.68. The fraction of sp³-hybridized carbons (Fsp3) is 0. The van der Waals surface area contributed by atoms with Gasteiger partial charge in [0.2, 0.25) is 0 Å². The van der Waals surface area contributed by atoms with Crippen molar-refractivity contribution in [3.63, 3.8) is 0 Å². The van der Waals surface area contributed by atoms with Gasteiger partial charge in [-0.05, 0) is 18.2 Å². The van der Waals surface area contributed by atoms with Crippen molar-refractivity contribution in [3.8, 4) is 22.5 Å². The highest BCUT2D eigenvalue weighted by atomic mass is 15.1. The number of H-pyrrole nitrogens is 2. The Labute approximate surface area is 114 Å². The molecular formula is C15H11N5. The Morgan fingerprint density at radius 1 is 0.950 bits per heavy atom. The quantitative estimate of drug-likeness (QED) is 0.582. The highest BCUT2D eigenvalue weighted by Gasteiger charge is 2.08. The second-order valence-electron chi connectivity index (χ2n) is 4.51. The Morgan fingerprint density at radius 2 is 1.90 bits per heavy atom. The summed E-state index contributed by atoms with van der Waals surface area (Å²) >= 11 is 0. The Hall–Kier alpha value is -2.95. The van der Waals surface area contributed by atoms with Crippen molar-refractivity contribution in [2.45, 2.75) is 0 Å². The average Bonchev–Trinajstić information content (AvgIpc) is 3.18. The average molecular weight is 261 g/mol. The lowest BCUT2D eigenvalue weighted by Gasteiger charge is -2.04. The van der Waals surface area contributed by atoms with Crippen molar-refractivity contribution in [1.29, 1.82) is 0 Å². The van der Waals surface area contributed by atoms with Crippen LogP contribution in [0, 0.1) is 0 Å². The minimum atomic E-state index is 0.849. The molecule has 5 nitrogen and oxygen atoms in total. The van der Waals surface area contributed by atoms with Gasteiger partial charge >= 0.3 is 0 Å². The molecule has 0 amide bonds. The number of nitrogens with one attached hydrogen (secondary N) is 2. The molecule has 1 aromatic carbocycles. The van der Waals surface area contributed by atoms with Gasteiger partial charge in [-0.2, -0.15) is 5.10 Å². The van der Waals surface area contributed by atoms with Crippen molar-refractivity contribution in [2.24, 2.45) is 0 Å². The van der Waals surface area contributed by atoms with Crippen molar-refractivity contribution >= 4 is 11.0 Å². The molecule has 3 heterocycles. The summed E-state index contributed by atoms with van der Waals surface area (Å²) in [6, 6.07) is 12.2. The maximum absolute atomic E-state index is 4.41. The molecule has 96 valence electrons. The van der Waals surface area contributed by atoms with Gasteiger partial charge in [-0.15, -0.1) is 0 Å². The summed E-state index contributed by atoms with van der Waals surface area (Å²) in [5.74, 6) is 0. The molecule has 4 aromatic rings. The van der Waals surface area contributed by atoms with Crippen LogP contribution in [0.2, 0.25) is 0 Å². The van der Waals surface area contributed by atoms with Crippen LogP contribution in [0.4, 0.5) is 0 Å². The molecule has 4 rings (SSSR count). The Kier molecular flexibility index (Phi) is 2.35. The number of aromatic nitrogens is 5. The number of aromatic amines is 2. The number of hydrogen-bond acceptors (Lipinski definition) is 3. The van der Waals surface area contributed by atoms with Crippen LogP contribution in [0.15, 0.2) is 55.1 Å². The summed E-state index contributed by atoms with van der Waals surface area (Å²) in [5.41, 5.74) is 4.91. The molecule has 5 heteroatoms. The topological polar surface area (TPSA) is 70.2 Å². The van der Waals surface area contributed by atoms with E-state index in [-0.39, 0.29) is 0 Å². The molecule has 0 saturated carbocycles. The highest BCUT2D eigenvalue weighted by molar-refractivity contribution is 5.91. The lowest BCUT2D eigenvalue weighted by atomic mass is 10.0. The molecule has 0 fully saturated rings. The van der Waals surface area contributed by atoms with Gasteiger partial charge in [0.25, 0.3) is 0 Å². The van der Waals surface area contributed by atoms with E-state index in [1.165, 1.54) is 0 Å². The first-order valence-electron chi connectivity index (χ1n) is 6.30.